The summed E-state index contributed by atoms with van der Waals surface area (Å²) in [7, 11) is 0. The number of aromatic nitrogens is 6. The summed E-state index contributed by atoms with van der Waals surface area (Å²) in [5.41, 5.74) is 3.95. The molecule has 0 radical (unpaired) electrons. The minimum Gasteiger partial charge on any atom is -0.507 e. The minimum atomic E-state index is -0.709. The molecule has 0 fully saturated rings. The molecule has 2 aromatic heterocycles. The molecule has 0 amide bonds. The molecule has 0 aliphatic heterocycles. The van der Waals surface area contributed by atoms with E-state index in [0.717, 1.165) is 22.3 Å². The molecule has 0 bridgehead atoms. The summed E-state index contributed by atoms with van der Waals surface area (Å²) >= 11 is 0. The number of ketones is 1. The summed E-state index contributed by atoms with van der Waals surface area (Å²) in [6.07, 6.45) is -0.507. The van der Waals surface area contributed by atoms with Gasteiger partial charge in [-0.1, -0.05) is 358 Å². The monoisotopic (exact) mass is 1340 g/mol. The first-order chi connectivity index (χ1) is 46.4. The molecule has 0 saturated carbocycles. The Morgan fingerprint density at radius 1 is 0.302 bits per heavy atom. The first-order valence-corrected chi connectivity index (χ1v) is 35.7. The lowest BCUT2D eigenvalue weighted by Gasteiger charge is -2.11. The number of esters is 1. The quantitative estimate of drug-likeness (QED) is 0.0531. The third kappa shape index (κ3) is 46.7. The highest BCUT2D eigenvalue weighted by molar-refractivity contribution is 5.95. The van der Waals surface area contributed by atoms with Crippen LogP contribution < -0.4 is 9.47 Å². The summed E-state index contributed by atoms with van der Waals surface area (Å²) in [5.74, 6) is 1.73. The molecule has 0 aliphatic rings. The van der Waals surface area contributed by atoms with E-state index in [2.05, 4.69) is 29.9 Å². The van der Waals surface area contributed by atoms with Crippen LogP contribution in [-0.2, 0) is 14.3 Å². The van der Waals surface area contributed by atoms with Crippen molar-refractivity contribution in [2.24, 2.45) is 0 Å². The van der Waals surface area contributed by atoms with Crippen LogP contribution in [0.3, 0.4) is 0 Å². The van der Waals surface area contributed by atoms with Gasteiger partial charge in [0.2, 0.25) is 0 Å². The fourth-order valence-corrected chi connectivity index (χ4v) is 6.34. The number of carbonyl (C=O) groups is 2. The van der Waals surface area contributed by atoms with Gasteiger partial charge < -0.3 is 24.4 Å². The van der Waals surface area contributed by atoms with E-state index in [-0.39, 0.29) is 70.0 Å². The molecule has 0 atom stereocenters. The minimum absolute atomic E-state index is 0. The number of benzene rings is 6. The SMILES string of the molecule is C.C.CC.CC.CC.CC.CC.CC.CC.CC.CC.CC.CC.CC.CC.CC.CC.CC.O=C(CCOc1ccc(-c2nc(-c3ccccc3)nc(-c3ccccc3)n2)c(O)c1)CC(=O)OCCOc1ccc(-c2nc(-c3ccccc3)nc(-c3ccccc3)n2)c(O)c1. The Morgan fingerprint density at radius 3 is 0.771 bits per heavy atom. The second-order valence-electron chi connectivity index (χ2n) is 13.8. The second kappa shape index (κ2) is 86.7. The van der Waals surface area contributed by atoms with Crippen LogP contribution in [0.5, 0.6) is 23.0 Å². The largest absolute Gasteiger partial charge is 0.507 e. The van der Waals surface area contributed by atoms with Crippen molar-refractivity contribution in [3.05, 3.63) is 158 Å². The fraction of sp³-hybridized carbons (Fsp3) is 0.470. The second-order valence-corrected chi connectivity index (χ2v) is 13.8. The predicted molar refractivity (Wildman–Crippen MR) is 427 cm³/mol. The molecule has 546 valence electrons. The van der Waals surface area contributed by atoms with Crippen LogP contribution in [0.15, 0.2) is 158 Å². The number of carbonyl (C=O) groups excluding carboxylic acids is 2. The Bertz CT molecular complexity index is 2710. The summed E-state index contributed by atoms with van der Waals surface area (Å²) in [6.45, 7) is 63.8. The Morgan fingerprint density at radius 2 is 0.531 bits per heavy atom. The smallest absolute Gasteiger partial charge is 0.313 e. The number of phenolic OH excluding ortho intramolecular Hbond substituents is 2. The van der Waals surface area contributed by atoms with Crippen molar-refractivity contribution in [2.75, 3.05) is 19.8 Å². The van der Waals surface area contributed by atoms with E-state index in [1.54, 1.807) is 24.3 Å². The van der Waals surface area contributed by atoms with Crippen molar-refractivity contribution in [3.8, 4) is 91.3 Å². The number of hydrogen-bond donors (Lipinski definition) is 2. The van der Waals surface area contributed by atoms with Gasteiger partial charge in [0.1, 0.15) is 48.4 Å². The van der Waals surface area contributed by atoms with Gasteiger partial charge in [-0.3, -0.25) is 9.59 Å². The molecule has 2 heterocycles. The van der Waals surface area contributed by atoms with Gasteiger partial charge in [-0.15, -0.1) is 0 Å². The van der Waals surface area contributed by atoms with Crippen LogP contribution in [0.25, 0.3) is 68.3 Å². The molecule has 8 rings (SSSR count). The van der Waals surface area contributed by atoms with Gasteiger partial charge in [-0.05, 0) is 24.3 Å². The molecule has 13 heteroatoms. The normalized spacial score (nSPS) is 8.00. The van der Waals surface area contributed by atoms with Crippen molar-refractivity contribution < 1.29 is 34.0 Å². The van der Waals surface area contributed by atoms with Crippen molar-refractivity contribution in [1.82, 2.24) is 29.9 Å². The average Bonchev–Trinajstić information content (AvgIpc) is 0.813. The van der Waals surface area contributed by atoms with Gasteiger partial charge in [0.05, 0.1) is 17.7 Å². The molecule has 0 aliphatic carbocycles. The van der Waals surface area contributed by atoms with Crippen molar-refractivity contribution in [3.63, 3.8) is 0 Å². The molecular weight excluding hydrogens is 1190 g/mol. The lowest BCUT2D eigenvalue weighted by atomic mass is 10.1. The summed E-state index contributed by atoms with van der Waals surface area (Å²) in [6, 6.07) is 47.4. The Hall–Kier alpha value is -8.32. The fourth-order valence-electron chi connectivity index (χ4n) is 6.34. The van der Waals surface area contributed by atoms with Gasteiger partial charge in [0.25, 0.3) is 0 Å². The Kier molecular flexibility index (Phi) is 101. The zero-order valence-electron chi connectivity index (χ0n) is 65.2. The first-order valence-electron chi connectivity index (χ1n) is 35.7. The predicted octanol–water partition coefficient (Wildman–Crippen LogP) is 26.5. The van der Waals surface area contributed by atoms with Gasteiger partial charge >= 0.3 is 5.97 Å². The zero-order valence-corrected chi connectivity index (χ0v) is 65.2. The van der Waals surface area contributed by atoms with Crippen LogP contribution in [0, 0.1) is 0 Å². The number of nitrogens with zero attached hydrogens (tertiary/aromatic N) is 6. The van der Waals surface area contributed by atoms with E-state index in [1.807, 2.05) is 343 Å². The first kappa shape index (κ1) is 112. The molecule has 0 unspecified atom stereocenters. The molecule has 0 saturated heterocycles. The van der Waals surface area contributed by atoms with Crippen molar-refractivity contribution in [1.29, 1.82) is 0 Å². The number of aromatic hydroxyl groups is 2. The van der Waals surface area contributed by atoms with E-state index in [0.29, 0.717) is 45.9 Å². The van der Waals surface area contributed by atoms with Crippen LogP contribution >= 0.6 is 0 Å². The summed E-state index contributed by atoms with van der Waals surface area (Å²) in [4.78, 5) is 52.9. The van der Waals surface area contributed by atoms with Crippen LogP contribution in [0.1, 0.15) is 249 Å². The van der Waals surface area contributed by atoms with E-state index in [9.17, 15) is 19.8 Å². The number of hydrogen-bond acceptors (Lipinski definition) is 13. The molecule has 2 N–H and O–H groups in total. The molecule has 6 aromatic carbocycles. The van der Waals surface area contributed by atoms with E-state index in [4.69, 9.17) is 14.2 Å². The molecule has 96 heavy (non-hydrogen) atoms. The highest BCUT2D eigenvalue weighted by Crippen LogP contribution is 2.34. The van der Waals surface area contributed by atoms with E-state index < -0.39 is 12.4 Å². The maximum Gasteiger partial charge on any atom is 0.313 e. The lowest BCUT2D eigenvalue weighted by Crippen LogP contribution is -2.16. The summed E-state index contributed by atoms with van der Waals surface area (Å²) < 4.78 is 16.6. The maximum absolute atomic E-state index is 12.6. The van der Waals surface area contributed by atoms with Crippen molar-refractivity contribution >= 4 is 11.8 Å². The van der Waals surface area contributed by atoms with Gasteiger partial charge in [-0.25, -0.2) is 29.9 Å². The van der Waals surface area contributed by atoms with Crippen LogP contribution in [0.2, 0.25) is 0 Å². The maximum atomic E-state index is 12.6. The van der Waals surface area contributed by atoms with E-state index in [1.165, 1.54) is 12.1 Å². The molecule has 0 spiro atoms. The van der Waals surface area contributed by atoms with Gasteiger partial charge in [-0.2, -0.15) is 0 Å². The van der Waals surface area contributed by atoms with Crippen LogP contribution in [0.4, 0.5) is 0 Å². The molecule has 13 nitrogen and oxygen atoms in total. The standard InChI is InChI=1S/C49H38N6O7.16C2H6.2CH4/c56-36(25-26-60-37-21-23-39(41(57)30-37)48-52-44(32-13-5-1-6-14-32)50-45(53-48)33-15-7-2-8-16-33)29-43(59)62-28-27-61-38-22-24-40(42(58)31-38)49-54-46(34-17-9-3-10-18-34)51-47(55-49)35-19-11-4-12-20-35;16*1-2;;/h1-24,30-31,57-58H,25-29H2;16*1-2H3;2*1H4. The molecular formula is C83H142N6O7. The number of rotatable bonds is 16. The highest BCUT2D eigenvalue weighted by Gasteiger charge is 2.18. The summed E-state index contributed by atoms with van der Waals surface area (Å²) in [5, 5.41) is 22.0. The van der Waals surface area contributed by atoms with Gasteiger partial charge in [0.15, 0.2) is 34.9 Å². The average molecular weight is 1340 g/mol. The lowest BCUT2D eigenvalue weighted by molar-refractivity contribution is -0.146. The number of phenols is 2. The Labute approximate surface area is 590 Å². The van der Waals surface area contributed by atoms with Gasteiger partial charge in [0, 0.05) is 40.8 Å². The third-order valence-corrected chi connectivity index (χ3v) is 9.43. The van der Waals surface area contributed by atoms with Crippen LogP contribution in [-0.4, -0.2) is 71.7 Å². The Balaban J connectivity index is -0.000000208. The van der Waals surface area contributed by atoms with E-state index >= 15 is 0 Å². The molecule has 8 aromatic rings. The number of Topliss-reactive ketones (excluding diaryl/α,β-unsaturated/α-hetero) is 1. The highest BCUT2D eigenvalue weighted by atomic mass is 16.6. The topological polar surface area (TPSA) is 180 Å². The number of ether oxygens (including phenoxy) is 3. The van der Waals surface area contributed by atoms with Crippen molar-refractivity contribution in [2.45, 2.75) is 249 Å². The zero-order chi connectivity index (χ0) is 74.7. The third-order valence-electron chi connectivity index (χ3n) is 9.43.